The fourth-order valence-corrected chi connectivity index (χ4v) is 1.95. The zero-order valence-electron chi connectivity index (χ0n) is 11.3. The molecule has 0 heterocycles. The Bertz CT molecular complexity index is 423. The van der Waals surface area contributed by atoms with E-state index in [4.69, 9.17) is 16.2 Å². The quantitative estimate of drug-likeness (QED) is 0.381. The van der Waals surface area contributed by atoms with E-state index < -0.39 is 5.82 Å². The molecule has 4 nitrogen and oxygen atoms in total. The molecular formula is C14H22FN3O. The van der Waals surface area contributed by atoms with Crippen LogP contribution in [0, 0.1) is 11.2 Å². The summed E-state index contributed by atoms with van der Waals surface area (Å²) in [5, 5.41) is 16.0. The van der Waals surface area contributed by atoms with Gasteiger partial charge in [-0.05, 0) is 38.9 Å². The first-order valence-corrected chi connectivity index (χ1v) is 6.47. The van der Waals surface area contributed by atoms with E-state index in [-0.39, 0.29) is 18.0 Å². The molecule has 0 fully saturated rings. The minimum absolute atomic E-state index is 0.159. The van der Waals surface area contributed by atoms with E-state index in [1.54, 1.807) is 12.1 Å². The molecule has 0 aliphatic carbocycles. The highest BCUT2D eigenvalue weighted by atomic mass is 19.1. The normalized spacial score (nSPS) is 10.9. The van der Waals surface area contributed by atoms with Gasteiger partial charge in [-0.15, -0.1) is 0 Å². The zero-order chi connectivity index (χ0) is 14.3. The number of benzene rings is 1. The monoisotopic (exact) mass is 267 g/mol. The van der Waals surface area contributed by atoms with Crippen molar-refractivity contribution >= 4 is 5.84 Å². The summed E-state index contributed by atoms with van der Waals surface area (Å²) in [6, 6.07) is 4.95. The fraction of sp³-hybridized carbons (Fsp3) is 0.500. The van der Waals surface area contributed by atoms with Gasteiger partial charge < -0.3 is 15.7 Å². The van der Waals surface area contributed by atoms with Gasteiger partial charge in [0, 0.05) is 18.7 Å². The van der Waals surface area contributed by atoms with E-state index in [2.05, 4.69) is 0 Å². The van der Waals surface area contributed by atoms with Crippen LogP contribution in [0.5, 0.6) is 0 Å². The van der Waals surface area contributed by atoms with Crippen molar-refractivity contribution in [1.29, 1.82) is 5.41 Å². The van der Waals surface area contributed by atoms with Gasteiger partial charge in [-0.25, -0.2) is 4.39 Å². The fourth-order valence-electron chi connectivity index (χ4n) is 1.95. The first kappa shape index (κ1) is 15.6. The molecular weight excluding hydrogens is 245 g/mol. The number of nitrogen functional groups attached to an aromatic ring is 1. The van der Waals surface area contributed by atoms with Crippen LogP contribution in [0.3, 0.4) is 0 Å². The molecule has 106 valence electrons. The van der Waals surface area contributed by atoms with Crippen LogP contribution in [-0.4, -0.2) is 36.0 Å². The van der Waals surface area contributed by atoms with Gasteiger partial charge in [0.2, 0.25) is 0 Å². The number of halogens is 1. The van der Waals surface area contributed by atoms with Crippen LogP contribution in [0.25, 0.3) is 0 Å². The average molecular weight is 267 g/mol. The van der Waals surface area contributed by atoms with E-state index in [9.17, 15) is 4.39 Å². The third kappa shape index (κ3) is 4.96. The molecule has 0 unspecified atom stereocenters. The molecule has 0 saturated carbocycles. The standard InChI is InChI=1S/C14H22FN3O/c1-18(8-3-2-4-9-19)10-11-6-5-7-12(13(11)15)14(16)17/h5-7,19H,2-4,8-10H2,1H3,(H3,16,17). The van der Waals surface area contributed by atoms with Crippen LogP contribution in [0.4, 0.5) is 4.39 Å². The third-order valence-electron chi connectivity index (χ3n) is 3.01. The third-order valence-corrected chi connectivity index (χ3v) is 3.01. The summed E-state index contributed by atoms with van der Waals surface area (Å²) in [6.45, 7) is 1.56. The smallest absolute Gasteiger partial charge is 0.138 e. The molecule has 19 heavy (non-hydrogen) atoms. The van der Waals surface area contributed by atoms with Gasteiger partial charge in [-0.2, -0.15) is 0 Å². The summed E-state index contributed by atoms with van der Waals surface area (Å²) in [6.07, 6.45) is 2.75. The molecule has 0 saturated heterocycles. The molecule has 1 aromatic carbocycles. The lowest BCUT2D eigenvalue weighted by molar-refractivity contribution is 0.270. The van der Waals surface area contributed by atoms with E-state index in [0.29, 0.717) is 12.1 Å². The molecule has 0 aromatic heterocycles. The molecule has 0 amide bonds. The Hall–Kier alpha value is -1.46. The molecule has 5 heteroatoms. The number of nitrogens with two attached hydrogens (primary N) is 1. The predicted molar refractivity (Wildman–Crippen MR) is 74.7 cm³/mol. The van der Waals surface area contributed by atoms with Crippen molar-refractivity contribution in [3.05, 3.63) is 35.1 Å². The number of unbranched alkanes of at least 4 members (excludes halogenated alkanes) is 2. The molecule has 1 rings (SSSR count). The Labute approximate surface area is 113 Å². The van der Waals surface area contributed by atoms with Crippen LogP contribution in [0.1, 0.15) is 30.4 Å². The number of nitrogens with one attached hydrogen (secondary N) is 1. The summed E-state index contributed by atoms with van der Waals surface area (Å²) in [4.78, 5) is 2.03. The molecule has 4 N–H and O–H groups in total. The maximum atomic E-state index is 14.0. The van der Waals surface area contributed by atoms with Gasteiger partial charge >= 0.3 is 0 Å². The number of rotatable bonds is 8. The molecule has 0 aliphatic heterocycles. The Morgan fingerprint density at radius 3 is 2.74 bits per heavy atom. The number of amidine groups is 1. The Morgan fingerprint density at radius 2 is 2.11 bits per heavy atom. The van der Waals surface area contributed by atoms with Gasteiger partial charge in [0.15, 0.2) is 0 Å². The van der Waals surface area contributed by atoms with Gasteiger partial charge in [0.05, 0.1) is 5.56 Å². The maximum absolute atomic E-state index is 14.0. The molecule has 0 bridgehead atoms. The van der Waals surface area contributed by atoms with Crippen molar-refractivity contribution in [2.45, 2.75) is 25.8 Å². The van der Waals surface area contributed by atoms with Gasteiger partial charge in [-0.1, -0.05) is 12.1 Å². The first-order chi connectivity index (χ1) is 9.06. The van der Waals surface area contributed by atoms with Crippen molar-refractivity contribution < 1.29 is 9.50 Å². The highest BCUT2D eigenvalue weighted by Crippen LogP contribution is 2.14. The highest BCUT2D eigenvalue weighted by molar-refractivity contribution is 5.95. The second-order valence-corrected chi connectivity index (χ2v) is 4.71. The average Bonchev–Trinajstić information content (AvgIpc) is 2.37. The lowest BCUT2D eigenvalue weighted by Gasteiger charge is -2.17. The molecule has 0 atom stereocenters. The second kappa shape index (κ2) is 7.86. The van der Waals surface area contributed by atoms with Crippen LogP contribution < -0.4 is 5.73 Å². The number of hydrogen-bond donors (Lipinski definition) is 3. The number of aliphatic hydroxyl groups is 1. The van der Waals surface area contributed by atoms with Gasteiger partial charge in [0.25, 0.3) is 0 Å². The van der Waals surface area contributed by atoms with E-state index in [1.807, 2.05) is 11.9 Å². The minimum Gasteiger partial charge on any atom is -0.396 e. The van der Waals surface area contributed by atoms with Crippen LogP contribution in [-0.2, 0) is 6.54 Å². The van der Waals surface area contributed by atoms with Gasteiger partial charge in [0.1, 0.15) is 11.7 Å². The lowest BCUT2D eigenvalue weighted by atomic mass is 10.1. The SMILES string of the molecule is CN(CCCCCO)Cc1cccc(C(=N)N)c1F. The van der Waals surface area contributed by atoms with E-state index >= 15 is 0 Å². The zero-order valence-corrected chi connectivity index (χ0v) is 11.3. The predicted octanol–water partition coefficient (Wildman–Crippen LogP) is 1.70. The van der Waals surface area contributed by atoms with Crippen molar-refractivity contribution in [3.8, 4) is 0 Å². The van der Waals surface area contributed by atoms with Crippen LogP contribution in [0.15, 0.2) is 18.2 Å². The Balaban J connectivity index is 2.57. The number of hydrogen-bond acceptors (Lipinski definition) is 3. The molecule has 0 radical (unpaired) electrons. The highest BCUT2D eigenvalue weighted by Gasteiger charge is 2.11. The maximum Gasteiger partial charge on any atom is 0.138 e. The van der Waals surface area contributed by atoms with Crippen molar-refractivity contribution in [2.24, 2.45) is 5.73 Å². The van der Waals surface area contributed by atoms with Gasteiger partial charge in [-0.3, -0.25) is 5.41 Å². The Morgan fingerprint density at radius 1 is 1.37 bits per heavy atom. The van der Waals surface area contributed by atoms with Crippen molar-refractivity contribution in [1.82, 2.24) is 4.90 Å². The summed E-state index contributed by atoms with van der Waals surface area (Å²) in [5.74, 6) is -0.651. The van der Waals surface area contributed by atoms with Crippen LogP contribution in [0.2, 0.25) is 0 Å². The van der Waals surface area contributed by atoms with E-state index in [1.165, 1.54) is 6.07 Å². The summed E-state index contributed by atoms with van der Waals surface area (Å²) in [7, 11) is 1.93. The minimum atomic E-state index is -0.405. The summed E-state index contributed by atoms with van der Waals surface area (Å²) < 4.78 is 14.0. The number of aliphatic hydroxyl groups excluding tert-OH is 1. The lowest BCUT2D eigenvalue weighted by Crippen LogP contribution is -2.21. The topological polar surface area (TPSA) is 73.3 Å². The van der Waals surface area contributed by atoms with Crippen molar-refractivity contribution in [3.63, 3.8) is 0 Å². The largest absolute Gasteiger partial charge is 0.396 e. The van der Waals surface area contributed by atoms with Crippen molar-refractivity contribution in [2.75, 3.05) is 20.2 Å². The molecule has 0 spiro atoms. The van der Waals surface area contributed by atoms with E-state index in [0.717, 1.165) is 25.8 Å². The summed E-state index contributed by atoms with van der Waals surface area (Å²) in [5.41, 5.74) is 6.05. The first-order valence-electron chi connectivity index (χ1n) is 6.47. The Kier molecular flexibility index (Phi) is 6.45. The summed E-state index contributed by atoms with van der Waals surface area (Å²) >= 11 is 0. The molecule has 0 aliphatic rings. The second-order valence-electron chi connectivity index (χ2n) is 4.71. The molecule has 1 aromatic rings. The van der Waals surface area contributed by atoms with Crippen LogP contribution >= 0.6 is 0 Å². The number of nitrogens with zero attached hydrogens (tertiary/aromatic N) is 1.